The Balaban J connectivity index is 1.33. The first-order chi connectivity index (χ1) is 16.4. The summed E-state index contributed by atoms with van der Waals surface area (Å²) in [6.45, 7) is 4.71. The predicted octanol–water partition coefficient (Wildman–Crippen LogP) is 5.62. The van der Waals surface area contributed by atoms with Crippen molar-refractivity contribution in [1.29, 1.82) is 0 Å². The molecular formula is C26H33N5O2S. The van der Waals surface area contributed by atoms with Gasteiger partial charge in [0.2, 0.25) is 11.8 Å². The molecule has 0 bridgehead atoms. The first-order valence-corrected chi connectivity index (χ1v) is 13.2. The Morgan fingerprint density at radius 2 is 2.03 bits per heavy atom. The Morgan fingerprint density at radius 1 is 1.21 bits per heavy atom. The Bertz CT molecular complexity index is 1150. The standard InChI is InChI=1S/C26H33N5O2S/c1-17-16-34-23(28-17)21-12-7-13-31(21)24(32)20-11-6-10-19(14-20)22-29-30-25(33-22)26(2,27)15-18-8-4-3-5-9-18/h6,10-11,14,16,18,21H,3-5,7-9,12-13,15,27H2,1-2H3/t21-,26?/m1/s1. The van der Waals surface area contributed by atoms with Crippen LogP contribution in [0.2, 0.25) is 0 Å². The van der Waals surface area contributed by atoms with Crippen LogP contribution >= 0.6 is 11.3 Å². The number of nitrogens with zero attached hydrogens (tertiary/aromatic N) is 4. The fourth-order valence-electron chi connectivity index (χ4n) is 5.39. The molecule has 2 aliphatic rings. The topological polar surface area (TPSA) is 98.1 Å². The van der Waals surface area contributed by atoms with E-state index in [9.17, 15) is 4.79 Å². The number of carbonyl (C=O) groups excluding carboxylic acids is 1. The number of nitrogens with two attached hydrogens (primary N) is 1. The lowest BCUT2D eigenvalue weighted by Crippen LogP contribution is -2.36. The van der Waals surface area contributed by atoms with Gasteiger partial charge in [0.05, 0.1) is 11.6 Å². The van der Waals surface area contributed by atoms with E-state index in [1.54, 1.807) is 11.3 Å². The van der Waals surface area contributed by atoms with Crippen LogP contribution in [0.3, 0.4) is 0 Å². The minimum Gasteiger partial charge on any atom is -0.419 e. The average Bonchev–Trinajstić information content (AvgIpc) is 3.59. The number of amides is 1. The van der Waals surface area contributed by atoms with Crippen LogP contribution in [0, 0.1) is 12.8 Å². The second kappa shape index (κ2) is 9.58. The molecule has 1 aliphatic heterocycles. The summed E-state index contributed by atoms with van der Waals surface area (Å²) >= 11 is 1.63. The van der Waals surface area contributed by atoms with Crippen LogP contribution in [0.5, 0.6) is 0 Å². The second-order valence-corrected chi connectivity index (χ2v) is 11.0. The average molecular weight is 480 g/mol. The van der Waals surface area contributed by atoms with Crippen LogP contribution < -0.4 is 5.73 Å². The maximum atomic E-state index is 13.4. The molecule has 1 saturated carbocycles. The van der Waals surface area contributed by atoms with E-state index in [2.05, 4.69) is 15.2 Å². The summed E-state index contributed by atoms with van der Waals surface area (Å²) in [6.07, 6.45) is 9.08. The van der Waals surface area contributed by atoms with Crippen molar-refractivity contribution in [2.45, 2.75) is 76.8 Å². The van der Waals surface area contributed by atoms with Gasteiger partial charge < -0.3 is 15.1 Å². The monoisotopic (exact) mass is 479 g/mol. The minimum atomic E-state index is -0.657. The van der Waals surface area contributed by atoms with E-state index < -0.39 is 5.54 Å². The van der Waals surface area contributed by atoms with Crippen molar-refractivity contribution in [3.8, 4) is 11.5 Å². The molecule has 8 heteroatoms. The molecule has 7 nitrogen and oxygen atoms in total. The van der Waals surface area contributed by atoms with E-state index >= 15 is 0 Å². The van der Waals surface area contributed by atoms with Gasteiger partial charge in [0.1, 0.15) is 5.01 Å². The SMILES string of the molecule is Cc1csc([C@H]2CCCN2C(=O)c2cccc(-c3nnc(C(C)(N)CC4CCCCC4)o3)c2)n1. The highest BCUT2D eigenvalue weighted by atomic mass is 32.1. The Labute approximate surface area is 204 Å². The largest absolute Gasteiger partial charge is 0.419 e. The van der Waals surface area contributed by atoms with Crippen molar-refractivity contribution >= 4 is 17.2 Å². The molecule has 5 rings (SSSR count). The quantitative estimate of drug-likeness (QED) is 0.492. The zero-order valence-electron chi connectivity index (χ0n) is 20.0. The van der Waals surface area contributed by atoms with E-state index in [4.69, 9.17) is 10.2 Å². The molecule has 1 saturated heterocycles. The van der Waals surface area contributed by atoms with Crippen molar-refractivity contribution in [3.63, 3.8) is 0 Å². The Morgan fingerprint density at radius 3 is 2.79 bits per heavy atom. The van der Waals surface area contributed by atoms with E-state index in [1.165, 1.54) is 32.1 Å². The van der Waals surface area contributed by atoms with Crippen molar-refractivity contribution < 1.29 is 9.21 Å². The number of rotatable bonds is 6. The number of likely N-dealkylation sites (tertiary alicyclic amines) is 1. The Kier molecular flexibility index (Phi) is 6.53. The van der Waals surface area contributed by atoms with E-state index in [1.807, 2.05) is 48.4 Å². The van der Waals surface area contributed by atoms with E-state index in [0.29, 0.717) is 23.3 Å². The Hall–Kier alpha value is -2.58. The fourth-order valence-corrected chi connectivity index (χ4v) is 6.33. The van der Waals surface area contributed by atoms with Gasteiger partial charge in [0, 0.05) is 28.7 Å². The molecule has 1 aromatic carbocycles. The molecule has 0 radical (unpaired) electrons. The molecular weight excluding hydrogens is 446 g/mol. The summed E-state index contributed by atoms with van der Waals surface area (Å²) in [6, 6.07) is 7.50. The lowest BCUT2D eigenvalue weighted by atomic mass is 9.80. The molecule has 2 atom stereocenters. The summed E-state index contributed by atoms with van der Waals surface area (Å²) in [5.74, 6) is 1.48. The summed E-state index contributed by atoms with van der Waals surface area (Å²) in [7, 11) is 0. The molecule has 3 aromatic rings. The highest BCUT2D eigenvalue weighted by Gasteiger charge is 2.34. The van der Waals surface area contributed by atoms with Crippen LogP contribution in [0.15, 0.2) is 34.1 Å². The highest BCUT2D eigenvalue weighted by molar-refractivity contribution is 7.09. The van der Waals surface area contributed by atoms with Gasteiger partial charge in [-0.2, -0.15) is 0 Å². The first kappa shape index (κ1) is 23.2. The third-order valence-corrected chi connectivity index (χ3v) is 8.21. The van der Waals surface area contributed by atoms with Crippen LogP contribution in [0.25, 0.3) is 11.5 Å². The molecule has 1 unspecified atom stereocenters. The fraction of sp³-hybridized carbons (Fsp3) is 0.538. The minimum absolute atomic E-state index is 0.0119. The van der Waals surface area contributed by atoms with Crippen LogP contribution in [-0.4, -0.2) is 32.5 Å². The third kappa shape index (κ3) is 4.79. The van der Waals surface area contributed by atoms with Crippen LogP contribution in [0.1, 0.15) is 91.3 Å². The predicted molar refractivity (Wildman–Crippen MR) is 132 cm³/mol. The zero-order valence-corrected chi connectivity index (χ0v) is 20.8. The van der Waals surface area contributed by atoms with Crippen LogP contribution in [0.4, 0.5) is 0 Å². The number of aromatic nitrogens is 3. The van der Waals surface area contributed by atoms with Gasteiger partial charge in [0.15, 0.2) is 0 Å². The molecule has 2 N–H and O–H groups in total. The number of benzene rings is 1. The lowest BCUT2D eigenvalue weighted by molar-refractivity contribution is 0.0735. The molecule has 1 amide bonds. The molecule has 3 heterocycles. The van der Waals surface area contributed by atoms with Gasteiger partial charge >= 0.3 is 0 Å². The summed E-state index contributed by atoms with van der Waals surface area (Å²) in [5.41, 5.74) is 8.33. The highest BCUT2D eigenvalue weighted by Crippen LogP contribution is 2.36. The molecule has 2 fully saturated rings. The molecule has 180 valence electrons. The van der Waals surface area contributed by atoms with Gasteiger partial charge in [-0.05, 0) is 57.2 Å². The maximum Gasteiger partial charge on any atom is 0.254 e. The number of carbonyl (C=O) groups is 1. The molecule has 1 aliphatic carbocycles. The maximum absolute atomic E-state index is 13.4. The summed E-state index contributed by atoms with van der Waals surface area (Å²) < 4.78 is 6.05. The molecule has 2 aromatic heterocycles. The van der Waals surface area contributed by atoms with Crippen LogP contribution in [-0.2, 0) is 5.54 Å². The van der Waals surface area contributed by atoms with Crippen molar-refractivity contribution in [2.75, 3.05) is 6.54 Å². The van der Waals surface area contributed by atoms with Crippen molar-refractivity contribution in [2.24, 2.45) is 11.7 Å². The van der Waals surface area contributed by atoms with Gasteiger partial charge in [-0.1, -0.05) is 38.2 Å². The summed E-state index contributed by atoms with van der Waals surface area (Å²) in [4.78, 5) is 20.0. The van der Waals surface area contributed by atoms with Crippen molar-refractivity contribution in [1.82, 2.24) is 20.1 Å². The normalized spacial score (nSPS) is 21.0. The smallest absolute Gasteiger partial charge is 0.254 e. The van der Waals surface area contributed by atoms with Gasteiger partial charge in [-0.15, -0.1) is 21.5 Å². The number of aryl methyl sites for hydroxylation is 1. The van der Waals surface area contributed by atoms with E-state index in [-0.39, 0.29) is 11.9 Å². The van der Waals surface area contributed by atoms with Gasteiger partial charge in [-0.25, -0.2) is 4.98 Å². The van der Waals surface area contributed by atoms with Gasteiger partial charge in [-0.3, -0.25) is 4.79 Å². The number of hydrogen-bond acceptors (Lipinski definition) is 7. The molecule has 34 heavy (non-hydrogen) atoms. The summed E-state index contributed by atoms with van der Waals surface area (Å²) in [5, 5.41) is 11.6. The van der Waals surface area contributed by atoms with Crippen molar-refractivity contribution in [3.05, 3.63) is 51.8 Å². The zero-order chi connectivity index (χ0) is 23.7. The second-order valence-electron chi connectivity index (χ2n) is 10.1. The van der Waals surface area contributed by atoms with Gasteiger partial charge in [0.25, 0.3) is 5.91 Å². The molecule has 0 spiro atoms. The van der Waals surface area contributed by atoms with E-state index in [0.717, 1.165) is 42.1 Å². The number of hydrogen-bond donors (Lipinski definition) is 1. The third-order valence-electron chi connectivity index (χ3n) is 7.14. The number of thiazole rings is 1. The first-order valence-electron chi connectivity index (χ1n) is 12.4. The lowest BCUT2D eigenvalue weighted by Gasteiger charge is -2.29.